The lowest BCUT2D eigenvalue weighted by molar-refractivity contribution is -0.115. The molecule has 1 fully saturated rings. The Labute approximate surface area is 145 Å². The highest BCUT2D eigenvalue weighted by Gasteiger charge is 2.24. The predicted octanol–water partition coefficient (Wildman–Crippen LogP) is 2.28. The average molecular weight is 339 g/mol. The highest BCUT2D eigenvalue weighted by atomic mass is 19.1. The fourth-order valence-electron chi connectivity index (χ4n) is 3.36. The maximum Gasteiger partial charge on any atom is 0.253 e. The highest BCUT2D eigenvalue weighted by molar-refractivity contribution is 6.01. The van der Waals surface area contributed by atoms with Gasteiger partial charge in [-0.2, -0.15) is 0 Å². The molecule has 1 N–H and O–H groups in total. The van der Waals surface area contributed by atoms with E-state index in [0.717, 1.165) is 16.9 Å². The van der Waals surface area contributed by atoms with Gasteiger partial charge in [-0.25, -0.2) is 4.39 Å². The topological polar surface area (TPSA) is 52.7 Å². The van der Waals surface area contributed by atoms with Crippen molar-refractivity contribution in [2.45, 2.75) is 6.42 Å². The Kier molecular flexibility index (Phi) is 3.87. The van der Waals surface area contributed by atoms with Crippen LogP contribution in [0, 0.1) is 5.82 Å². The minimum absolute atomic E-state index is 0.0131. The lowest BCUT2D eigenvalue weighted by Crippen LogP contribution is -2.48. The number of nitrogens with one attached hydrogen (secondary N) is 1. The average Bonchev–Trinajstić information content (AvgIpc) is 3.01. The summed E-state index contributed by atoms with van der Waals surface area (Å²) >= 11 is 0. The van der Waals surface area contributed by atoms with Gasteiger partial charge in [0.05, 0.1) is 6.42 Å². The summed E-state index contributed by atoms with van der Waals surface area (Å²) in [6.07, 6.45) is 0.328. The van der Waals surface area contributed by atoms with Crippen LogP contribution in [-0.2, 0) is 11.2 Å². The molecule has 0 unspecified atom stereocenters. The van der Waals surface area contributed by atoms with Crippen LogP contribution in [-0.4, -0.2) is 42.9 Å². The summed E-state index contributed by atoms with van der Waals surface area (Å²) in [6, 6.07) is 11.8. The molecule has 5 nitrogen and oxygen atoms in total. The summed E-state index contributed by atoms with van der Waals surface area (Å²) in [4.78, 5) is 28.1. The van der Waals surface area contributed by atoms with Gasteiger partial charge in [0.2, 0.25) is 5.91 Å². The van der Waals surface area contributed by atoms with E-state index in [9.17, 15) is 14.0 Å². The molecule has 1 saturated heterocycles. The Bertz CT molecular complexity index is 827. The molecule has 128 valence electrons. The van der Waals surface area contributed by atoms with E-state index in [1.807, 2.05) is 11.0 Å². The van der Waals surface area contributed by atoms with Crippen LogP contribution >= 0.6 is 0 Å². The van der Waals surface area contributed by atoms with Gasteiger partial charge in [0.1, 0.15) is 5.82 Å². The van der Waals surface area contributed by atoms with E-state index in [4.69, 9.17) is 0 Å². The normalized spacial score (nSPS) is 16.6. The molecule has 0 atom stereocenters. The zero-order chi connectivity index (χ0) is 17.4. The van der Waals surface area contributed by atoms with E-state index < -0.39 is 0 Å². The molecular formula is C19H18FN3O2. The third kappa shape index (κ3) is 3.07. The van der Waals surface area contributed by atoms with Gasteiger partial charge >= 0.3 is 0 Å². The van der Waals surface area contributed by atoms with Crippen LogP contribution in [0.5, 0.6) is 0 Å². The summed E-state index contributed by atoms with van der Waals surface area (Å²) in [5.74, 6) is -0.296. The van der Waals surface area contributed by atoms with E-state index in [1.54, 1.807) is 24.3 Å². The number of halogens is 1. The first-order chi connectivity index (χ1) is 12.1. The van der Waals surface area contributed by atoms with E-state index >= 15 is 0 Å². The third-order valence-electron chi connectivity index (χ3n) is 4.74. The molecular weight excluding hydrogens is 321 g/mol. The van der Waals surface area contributed by atoms with Gasteiger partial charge in [-0.1, -0.05) is 0 Å². The third-order valence-corrected chi connectivity index (χ3v) is 4.74. The Morgan fingerprint density at radius 2 is 1.72 bits per heavy atom. The van der Waals surface area contributed by atoms with Crippen molar-refractivity contribution in [3.8, 4) is 0 Å². The first-order valence-corrected chi connectivity index (χ1v) is 8.33. The molecule has 4 rings (SSSR count). The molecule has 25 heavy (non-hydrogen) atoms. The Hall–Kier alpha value is -2.89. The van der Waals surface area contributed by atoms with Crippen molar-refractivity contribution in [3.05, 3.63) is 59.4 Å². The van der Waals surface area contributed by atoms with Crippen LogP contribution in [0.1, 0.15) is 15.9 Å². The molecule has 2 aromatic carbocycles. The van der Waals surface area contributed by atoms with Crippen molar-refractivity contribution in [2.75, 3.05) is 36.4 Å². The monoisotopic (exact) mass is 339 g/mol. The lowest BCUT2D eigenvalue weighted by atomic mass is 10.1. The van der Waals surface area contributed by atoms with Crippen LogP contribution in [0.2, 0.25) is 0 Å². The zero-order valence-electron chi connectivity index (χ0n) is 13.7. The molecule has 2 aliphatic rings. The number of rotatable bonds is 2. The number of piperazine rings is 1. The number of nitrogens with zero attached hydrogens (tertiary/aromatic N) is 2. The summed E-state index contributed by atoms with van der Waals surface area (Å²) in [6.45, 7) is 2.65. The van der Waals surface area contributed by atoms with Gasteiger partial charge in [0.15, 0.2) is 0 Å². The number of hydrogen-bond donors (Lipinski definition) is 1. The molecule has 2 aliphatic heterocycles. The second-order valence-corrected chi connectivity index (χ2v) is 6.35. The van der Waals surface area contributed by atoms with Gasteiger partial charge in [-0.15, -0.1) is 0 Å². The Morgan fingerprint density at radius 1 is 1.00 bits per heavy atom. The van der Waals surface area contributed by atoms with E-state index in [0.29, 0.717) is 38.2 Å². The second kappa shape index (κ2) is 6.20. The summed E-state index contributed by atoms with van der Waals surface area (Å²) in [5.41, 5.74) is 3.25. The van der Waals surface area contributed by atoms with Gasteiger partial charge in [0.25, 0.3) is 5.91 Å². The quantitative estimate of drug-likeness (QED) is 0.913. The summed E-state index contributed by atoms with van der Waals surface area (Å²) < 4.78 is 13.0. The number of carbonyl (C=O) groups excluding carboxylic acids is 2. The largest absolute Gasteiger partial charge is 0.368 e. The van der Waals surface area contributed by atoms with Crippen molar-refractivity contribution < 1.29 is 14.0 Å². The molecule has 2 amide bonds. The lowest BCUT2D eigenvalue weighted by Gasteiger charge is -2.36. The van der Waals surface area contributed by atoms with Crippen LogP contribution in [0.25, 0.3) is 0 Å². The summed E-state index contributed by atoms with van der Waals surface area (Å²) in [5, 5.41) is 2.77. The minimum Gasteiger partial charge on any atom is -0.368 e. The molecule has 2 heterocycles. The number of anilines is 2. The maximum atomic E-state index is 13.0. The van der Waals surface area contributed by atoms with Crippen molar-refractivity contribution >= 4 is 23.2 Å². The SMILES string of the molecule is O=C1Cc2cc(C(=O)N3CCN(c4ccc(F)cc4)CC3)ccc2N1. The molecule has 2 aromatic rings. The number of hydrogen-bond acceptors (Lipinski definition) is 3. The first kappa shape index (κ1) is 15.6. The number of amides is 2. The highest BCUT2D eigenvalue weighted by Crippen LogP contribution is 2.25. The number of benzene rings is 2. The summed E-state index contributed by atoms with van der Waals surface area (Å²) in [7, 11) is 0. The number of fused-ring (bicyclic) bond motifs is 1. The maximum absolute atomic E-state index is 13.0. The van der Waals surface area contributed by atoms with Crippen LogP contribution in [0.4, 0.5) is 15.8 Å². The van der Waals surface area contributed by atoms with E-state index in [-0.39, 0.29) is 17.6 Å². The molecule has 0 bridgehead atoms. The molecule has 0 aromatic heterocycles. The smallest absolute Gasteiger partial charge is 0.253 e. The molecule has 0 saturated carbocycles. The molecule has 0 aliphatic carbocycles. The molecule has 6 heteroatoms. The Morgan fingerprint density at radius 3 is 2.44 bits per heavy atom. The standard InChI is InChI=1S/C19H18FN3O2/c20-15-2-4-16(5-3-15)22-7-9-23(10-8-22)19(25)13-1-6-17-14(11-13)12-18(24)21-17/h1-6,11H,7-10,12H2,(H,21,24). The van der Waals surface area contributed by atoms with Crippen LogP contribution in [0.3, 0.4) is 0 Å². The van der Waals surface area contributed by atoms with E-state index in [1.165, 1.54) is 12.1 Å². The van der Waals surface area contributed by atoms with Crippen LogP contribution in [0.15, 0.2) is 42.5 Å². The van der Waals surface area contributed by atoms with Gasteiger partial charge < -0.3 is 15.1 Å². The Balaban J connectivity index is 1.42. The van der Waals surface area contributed by atoms with Gasteiger partial charge in [0, 0.05) is 43.1 Å². The van der Waals surface area contributed by atoms with Crippen molar-refractivity contribution in [1.82, 2.24) is 4.90 Å². The fraction of sp³-hybridized carbons (Fsp3) is 0.263. The zero-order valence-corrected chi connectivity index (χ0v) is 13.7. The predicted molar refractivity (Wildman–Crippen MR) is 93.3 cm³/mol. The van der Waals surface area contributed by atoms with Crippen molar-refractivity contribution in [2.24, 2.45) is 0 Å². The van der Waals surface area contributed by atoms with Crippen LogP contribution < -0.4 is 10.2 Å². The van der Waals surface area contributed by atoms with Crippen molar-refractivity contribution in [1.29, 1.82) is 0 Å². The number of carbonyl (C=O) groups is 2. The minimum atomic E-state index is -0.248. The molecule has 0 spiro atoms. The van der Waals surface area contributed by atoms with Gasteiger partial charge in [-0.3, -0.25) is 9.59 Å². The van der Waals surface area contributed by atoms with Crippen molar-refractivity contribution in [3.63, 3.8) is 0 Å². The van der Waals surface area contributed by atoms with E-state index in [2.05, 4.69) is 10.2 Å². The first-order valence-electron chi connectivity index (χ1n) is 8.33. The fourth-order valence-corrected chi connectivity index (χ4v) is 3.36. The second-order valence-electron chi connectivity index (χ2n) is 6.35. The van der Waals surface area contributed by atoms with Gasteiger partial charge in [-0.05, 0) is 48.0 Å². The molecule has 0 radical (unpaired) electrons.